The van der Waals surface area contributed by atoms with Gasteiger partial charge >= 0.3 is 0 Å². The van der Waals surface area contributed by atoms with E-state index in [1.165, 1.54) is 0 Å². The third-order valence-corrected chi connectivity index (χ3v) is 3.46. The molecule has 0 saturated heterocycles. The Labute approximate surface area is 124 Å². The number of aromatic nitrogens is 1. The van der Waals surface area contributed by atoms with Crippen molar-refractivity contribution < 1.29 is 9.15 Å². The van der Waals surface area contributed by atoms with Crippen LogP contribution in [0.1, 0.15) is 11.3 Å². The number of pyridine rings is 1. The molecule has 0 aliphatic carbocycles. The molecule has 0 spiro atoms. The van der Waals surface area contributed by atoms with E-state index in [0.29, 0.717) is 18.9 Å². The summed E-state index contributed by atoms with van der Waals surface area (Å²) in [4.78, 5) is 4.07. The van der Waals surface area contributed by atoms with Gasteiger partial charge in [0.2, 0.25) is 0 Å². The molecule has 0 saturated carbocycles. The molecule has 0 atom stereocenters. The number of benzene rings is 1. The smallest absolute Gasteiger partial charge is 0.139 e. The van der Waals surface area contributed by atoms with Crippen LogP contribution in [0.5, 0.6) is 5.75 Å². The summed E-state index contributed by atoms with van der Waals surface area (Å²) in [6, 6.07) is 9.73. The van der Waals surface area contributed by atoms with Gasteiger partial charge in [0.05, 0.1) is 12.7 Å². The third kappa shape index (κ3) is 2.55. The first kappa shape index (κ1) is 13.1. The maximum absolute atomic E-state index is 5.77. The first-order valence-corrected chi connectivity index (χ1v) is 7.00. The van der Waals surface area contributed by atoms with Crippen LogP contribution < -0.4 is 10.5 Å². The number of ether oxygens (including phenoxy) is 1. The summed E-state index contributed by atoms with van der Waals surface area (Å²) in [5.74, 6) is 1.46. The van der Waals surface area contributed by atoms with E-state index in [1.807, 2.05) is 30.3 Å². The molecule has 3 rings (SSSR count). The van der Waals surface area contributed by atoms with Gasteiger partial charge in [0.15, 0.2) is 0 Å². The summed E-state index contributed by atoms with van der Waals surface area (Å²) < 4.78 is 12.4. The largest absolute Gasteiger partial charge is 0.487 e. The Hall–Kier alpha value is -1.85. The van der Waals surface area contributed by atoms with Crippen LogP contribution in [0.4, 0.5) is 0 Å². The van der Waals surface area contributed by atoms with Crippen molar-refractivity contribution in [3.05, 3.63) is 58.5 Å². The Bertz CT molecular complexity index is 740. The van der Waals surface area contributed by atoms with Crippen molar-refractivity contribution in [2.45, 2.75) is 13.2 Å². The summed E-state index contributed by atoms with van der Waals surface area (Å²) in [5.41, 5.74) is 7.56. The van der Waals surface area contributed by atoms with Crippen molar-refractivity contribution in [3.8, 4) is 5.75 Å². The average Bonchev–Trinajstić information content (AvgIpc) is 2.83. The molecule has 20 heavy (non-hydrogen) atoms. The lowest BCUT2D eigenvalue weighted by Gasteiger charge is -2.06. The van der Waals surface area contributed by atoms with Crippen LogP contribution in [0.3, 0.4) is 0 Å². The summed E-state index contributed by atoms with van der Waals surface area (Å²) in [6.45, 7) is 0.756. The first-order valence-electron chi connectivity index (χ1n) is 6.20. The summed E-state index contributed by atoms with van der Waals surface area (Å²) in [7, 11) is 0. The van der Waals surface area contributed by atoms with Gasteiger partial charge < -0.3 is 14.9 Å². The minimum Gasteiger partial charge on any atom is -0.487 e. The van der Waals surface area contributed by atoms with E-state index in [4.69, 9.17) is 14.9 Å². The Balaban J connectivity index is 1.90. The molecule has 1 aromatic carbocycles. The highest BCUT2D eigenvalue weighted by Crippen LogP contribution is 2.27. The van der Waals surface area contributed by atoms with E-state index in [1.54, 1.807) is 12.4 Å². The second-order valence-corrected chi connectivity index (χ2v) is 5.25. The molecule has 0 unspecified atom stereocenters. The fourth-order valence-electron chi connectivity index (χ4n) is 2.10. The van der Waals surface area contributed by atoms with E-state index in [9.17, 15) is 0 Å². The number of nitrogens with two attached hydrogens (primary N) is 1. The highest BCUT2D eigenvalue weighted by Gasteiger charge is 2.13. The molecular formula is C15H13BrN2O2. The van der Waals surface area contributed by atoms with Gasteiger partial charge in [0.25, 0.3) is 0 Å². The van der Waals surface area contributed by atoms with Crippen molar-refractivity contribution in [3.63, 3.8) is 0 Å². The molecule has 2 aromatic heterocycles. The number of hydrogen-bond acceptors (Lipinski definition) is 4. The lowest BCUT2D eigenvalue weighted by atomic mass is 10.1. The Morgan fingerprint density at radius 3 is 2.90 bits per heavy atom. The van der Waals surface area contributed by atoms with Crippen LogP contribution in [-0.4, -0.2) is 4.98 Å². The molecule has 0 aliphatic heterocycles. The van der Waals surface area contributed by atoms with Crippen molar-refractivity contribution in [2.75, 3.05) is 0 Å². The molecule has 4 nitrogen and oxygen atoms in total. The van der Waals surface area contributed by atoms with E-state index >= 15 is 0 Å². The van der Waals surface area contributed by atoms with Gasteiger partial charge in [-0.3, -0.25) is 4.98 Å². The van der Waals surface area contributed by atoms with Crippen molar-refractivity contribution in [1.82, 2.24) is 4.98 Å². The number of nitrogens with zero attached hydrogens (tertiary/aromatic N) is 1. The minimum atomic E-state index is 0.351. The quantitative estimate of drug-likeness (QED) is 0.792. The van der Waals surface area contributed by atoms with Crippen molar-refractivity contribution in [2.24, 2.45) is 5.73 Å². The lowest BCUT2D eigenvalue weighted by Crippen LogP contribution is -2.02. The zero-order valence-corrected chi connectivity index (χ0v) is 12.3. The van der Waals surface area contributed by atoms with Gasteiger partial charge in [0.1, 0.15) is 23.7 Å². The van der Waals surface area contributed by atoms with E-state index in [-0.39, 0.29) is 0 Å². The van der Waals surface area contributed by atoms with Crippen LogP contribution in [0, 0.1) is 0 Å². The zero-order valence-electron chi connectivity index (χ0n) is 10.7. The van der Waals surface area contributed by atoms with Gasteiger partial charge in [-0.15, -0.1) is 0 Å². The van der Waals surface area contributed by atoms with Crippen LogP contribution >= 0.6 is 15.9 Å². The van der Waals surface area contributed by atoms with Crippen LogP contribution in [0.15, 0.2) is 51.6 Å². The highest BCUT2D eigenvalue weighted by molar-refractivity contribution is 9.10. The molecule has 3 aromatic rings. The van der Waals surface area contributed by atoms with Crippen molar-refractivity contribution in [1.29, 1.82) is 0 Å². The van der Waals surface area contributed by atoms with E-state index in [2.05, 4.69) is 20.9 Å². The predicted octanol–water partition coefficient (Wildman–Crippen LogP) is 3.63. The minimum absolute atomic E-state index is 0.351. The molecule has 0 fully saturated rings. The molecule has 0 amide bonds. The monoisotopic (exact) mass is 332 g/mol. The fraction of sp³-hybridized carbons (Fsp3) is 0.133. The molecule has 5 heteroatoms. The SMILES string of the molecule is NCc1oc2ccccc2c1COc1cncc(Br)c1. The predicted molar refractivity (Wildman–Crippen MR) is 80.4 cm³/mol. The average molecular weight is 333 g/mol. The van der Waals surface area contributed by atoms with E-state index in [0.717, 1.165) is 26.8 Å². The number of halogens is 1. The van der Waals surface area contributed by atoms with Gasteiger partial charge in [-0.1, -0.05) is 18.2 Å². The standard InChI is InChI=1S/C15H13BrN2O2/c16-10-5-11(8-18-7-10)19-9-13-12-3-1-2-4-14(12)20-15(13)6-17/h1-5,7-8H,6,9,17H2. The van der Waals surface area contributed by atoms with E-state index < -0.39 is 0 Å². The van der Waals surface area contributed by atoms with Gasteiger partial charge in [-0.2, -0.15) is 0 Å². The Morgan fingerprint density at radius 2 is 2.10 bits per heavy atom. The molecule has 2 N–H and O–H groups in total. The van der Waals surface area contributed by atoms with Crippen molar-refractivity contribution >= 4 is 26.9 Å². The Kier molecular flexibility index (Phi) is 3.71. The van der Waals surface area contributed by atoms with Crippen LogP contribution in [0.2, 0.25) is 0 Å². The number of rotatable bonds is 4. The molecular weight excluding hydrogens is 320 g/mol. The fourth-order valence-corrected chi connectivity index (χ4v) is 2.44. The summed E-state index contributed by atoms with van der Waals surface area (Å²) in [6.07, 6.45) is 3.39. The third-order valence-electron chi connectivity index (χ3n) is 3.03. The number of para-hydroxylation sites is 1. The van der Waals surface area contributed by atoms with Gasteiger partial charge in [0, 0.05) is 21.6 Å². The first-order chi connectivity index (χ1) is 9.78. The van der Waals surface area contributed by atoms with Gasteiger partial charge in [-0.25, -0.2) is 0 Å². The van der Waals surface area contributed by atoms with Gasteiger partial charge in [-0.05, 0) is 28.1 Å². The highest BCUT2D eigenvalue weighted by atomic mass is 79.9. The Morgan fingerprint density at radius 1 is 1.25 bits per heavy atom. The normalized spacial score (nSPS) is 10.9. The molecule has 0 aliphatic rings. The van der Waals surface area contributed by atoms with Crippen LogP contribution in [-0.2, 0) is 13.2 Å². The maximum Gasteiger partial charge on any atom is 0.139 e. The zero-order chi connectivity index (χ0) is 13.9. The molecule has 0 bridgehead atoms. The maximum atomic E-state index is 5.77. The number of furan rings is 1. The lowest BCUT2D eigenvalue weighted by molar-refractivity contribution is 0.302. The number of hydrogen-bond donors (Lipinski definition) is 1. The molecule has 2 heterocycles. The topological polar surface area (TPSA) is 61.3 Å². The second kappa shape index (κ2) is 5.64. The summed E-state index contributed by atoms with van der Waals surface area (Å²) >= 11 is 3.37. The number of fused-ring (bicyclic) bond motifs is 1. The molecule has 0 radical (unpaired) electrons. The second-order valence-electron chi connectivity index (χ2n) is 4.33. The summed E-state index contributed by atoms with van der Waals surface area (Å²) in [5, 5.41) is 1.04. The molecule has 102 valence electrons. The van der Waals surface area contributed by atoms with Crippen LogP contribution in [0.25, 0.3) is 11.0 Å².